The molecule has 4 heteroatoms. The Hall–Kier alpha value is -1.68. The van der Waals surface area contributed by atoms with Gasteiger partial charge in [-0.25, -0.2) is 0 Å². The van der Waals surface area contributed by atoms with E-state index >= 15 is 0 Å². The molecular weight excluding hydrogens is 252 g/mol. The lowest BCUT2D eigenvalue weighted by Crippen LogP contribution is -2.49. The quantitative estimate of drug-likeness (QED) is 0.752. The van der Waals surface area contributed by atoms with Crippen LogP contribution in [0.1, 0.15) is 60.7 Å². The van der Waals surface area contributed by atoms with Gasteiger partial charge in [-0.15, -0.1) is 0 Å². The van der Waals surface area contributed by atoms with Gasteiger partial charge in [0.05, 0.1) is 0 Å². The Kier molecular flexibility index (Phi) is 5.89. The van der Waals surface area contributed by atoms with Gasteiger partial charge in [-0.05, 0) is 25.0 Å². The third kappa shape index (κ3) is 4.17. The highest BCUT2D eigenvalue weighted by molar-refractivity contribution is 5.98. The van der Waals surface area contributed by atoms with Crippen molar-refractivity contribution in [3.05, 3.63) is 35.4 Å². The van der Waals surface area contributed by atoms with E-state index in [1.165, 1.54) is 0 Å². The van der Waals surface area contributed by atoms with Crippen LogP contribution in [0.2, 0.25) is 0 Å². The van der Waals surface area contributed by atoms with Gasteiger partial charge in [-0.1, -0.05) is 32.9 Å². The van der Waals surface area contributed by atoms with Crippen LogP contribution < -0.4 is 11.1 Å². The molecule has 1 aromatic carbocycles. The first-order chi connectivity index (χ1) is 9.45. The molecule has 0 aromatic heterocycles. The first-order valence-corrected chi connectivity index (χ1v) is 7.16. The zero-order valence-electron chi connectivity index (χ0n) is 12.5. The molecule has 0 saturated carbocycles. The lowest BCUT2D eigenvalue weighted by Gasteiger charge is -2.26. The van der Waals surface area contributed by atoms with Crippen molar-refractivity contribution in [2.24, 2.45) is 5.73 Å². The number of benzene rings is 1. The van der Waals surface area contributed by atoms with Crippen molar-refractivity contribution in [2.75, 3.05) is 6.54 Å². The highest BCUT2D eigenvalue weighted by Gasteiger charge is 2.21. The maximum absolute atomic E-state index is 12.0. The summed E-state index contributed by atoms with van der Waals surface area (Å²) in [5.41, 5.74) is 6.98. The second-order valence-corrected chi connectivity index (χ2v) is 5.11. The molecule has 1 rings (SSSR count). The van der Waals surface area contributed by atoms with E-state index in [0.29, 0.717) is 24.1 Å². The minimum absolute atomic E-state index is 0.0786. The third-order valence-corrected chi connectivity index (χ3v) is 3.80. The van der Waals surface area contributed by atoms with Crippen LogP contribution in [0.15, 0.2) is 24.3 Å². The van der Waals surface area contributed by atoms with Crippen molar-refractivity contribution in [2.45, 2.75) is 45.6 Å². The number of amides is 1. The molecular formula is C16H24N2O2. The SMILES string of the molecule is CCC(=O)c1ccc(C(=O)NCC(N)(CC)CC)cc1. The average Bonchev–Trinajstić information content (AvgIpc) is 2.51. The Bertz CT molecular complexity index is 462. The van der Waals surface area contributed by atoms with Crippen LogP contribution in [0.4, 0.5) is 0 Å². The summed E-state index contributed by atoms with van der Waals surface area (Å²) in [5, 5.41) is 2.86. The molecule has 4 nitrogen and oxygen atoms in total. The molecule has 0 unspecified atom stereocenters. The zero-order valence-corrected chi connectivity index (χ0v) is 12.5. The van der Waals surface area contributed by atoms with E-state index in [-0.39, 0.29) is 17.2 Å². The number of carbonyl (C=O) groups excluding carboxylic acids is 2. The van der Waals surface area contributed by atoms with Gasteiger partial charge in [0, 0.05) is 29.6 Å². The van der Waals surface area contributed by atoms with Gasteiger partial charge in [0.25, 0.3) is 5.91 Å². The molecule has 0 radical (unpaired) electrons. The average molecular weight is 276 g/mol. The lowest BCUT2D eigenvalue weighted by atomic mass is 9.94. The van der Waals surface area contributed by atoms with Crippen LogP contribution in [0.5, 0.6) is 0 Å². The number of carbonyl (C=O) groups is 2. The zero-order chi connectivity index (χ0) is 15.2. The molecule has 0 spiro atoms. The van der Waals surface area contributed by atoms with E-state index in [2.05, 4.69) is 5.32 Å². The number of nitrogens with two attached hydrogens (primary N) is 1. The summed E-state index contributed by atoms with van der Waals surface area (Å²) in [4.78, 5) is 23.5. The van der Waals surface area contributed by atoms with E-state index in [4.69, 9.17) is 5.73 Å². The Morgan fingerprint density at radius 1 is 1.05 bits per heavy atom. The van der Waals surface area contributed by atoms with E-state index < -0.39 is 0 Å². The summed E-state index contributed by atoms with van der Waals surface area (Å²) in [5.74, 6) is -0.0767. The smallest absolute Gasteiger partial charge is 0.251 e. The van der Waals surface area contributed by atoms with Gasteiger partial charge in [0.2, 0.25) is 0 Å². The Labute approximate surface area is 120 Å². The van der Waals surface area contributed by atoms with Crippen molar-refractivity contribution in [1.82, 2.24) is 5.32 Å². The molecule has 20 heavy (non-hydrogen) atoms. The highest BCUT2D eigenvalue weighted by Crippen LogP contribution is 2.11. The van der Waals surface area contributed by atoms with Crippen molar-refractivity contribution < 1.29 is 9.59 Å². The van der Waals surface area contributed by atoms with Crippen molar-refractivity contribution >= 4 is 11.7 Å². The maximum atomic E-state index is 12.0. The molecule has 0 atom stereocenters. The molecule has 3 N–H and O–H groups in total. The Balaban J connectivity index is 2.67. The predicted octanol–water partition coefficient (Wildman–Crippen LogP) is 2.53. The second-order valence-electron chi connectivity index (χ2n) is 5.11. The molecule has 0 heterocycles. The van der Waals surface area contributed by atoms with Crippen LogP contribution in [0, 0.1) is 0 Å². The summed E-state index contributed by atoms with van der Waals surface area (Å²) >= 11 is 0. The number of nitrogens with one attached hydrogen (secondary N) is 1. The molecule has 0 aliphatic heterocycles. The van der Waals surface area contributed by atoms with Gasteiger partial charge in [-0.2, -0.15) is 0 Å². The standard InChI is InChI=1S/C16H24N2O2/c1-4-14(19)12-7-9-13(10-8-12)15(20)18-11-16(17,5-2)6-3/h7-10H,4-6,11,17H2,1-3H3,(H,18,20). The molecule has 1 aromatic rings. The van der Waals surface area contributed by atoms with Crippen LogP contribution in [0.3, 0.4) is 0 Å². The molecule has 0 fully saturated rings. The fourth-order valence-electron chi connectivity index (χ4n) is 1.87. The summed E-state index contributed by atoms with van der Waals surface area (Å²) in [7, 11) is 0. The van der Waals surface area contributed by atoms with Gasteiger partial charge in [-0.3, -0.25) is 9.59 Å². The normalized spacial score (nSPS) is 11.2. The van der Waals surface area contributed by atoms with E-state index in [0.717, 1.165) is 12.8 Å². The van der Waals surface area contributed by atoms with Gasteiger partial charge < -0.3 is 11.1 Å². The number of hydrogen-bond acceptors (Lipinski definition) is 3. The van der Waals surface area contributed by atoms with Crippen molar-refractivity contribution in [3.8, 4) is 0 Å². The molecule has 110 valence electrons. The number of hydrogen-bond donors (Lipinski definition) is 2. The second kappa shape index (κ2) is 7.20. The molecule has 0 aliphatic rings. The van der Waals surface area contributed by atoms with Crippen molar-refractivity contribution in [1.29, 1.82) is 0 Å². The molecule has 1 amide bonds. The fraction of sp³-hybridized carbons (Fsp3) is 0.500. The van der Waals surface area contributed by atoms with Crippen LogP contribution >= 0.6 is 0 Å². The van der Waals surface area contributed by atoms with E-state index in [1.807, 2.05) is 20.8 Å². The van der Waals surface area contributed by atoms with Crippen LogP contribution in [0.25, 0.3) is 0 Å². The van der Waals surface area contributed by atoms with Gasteiger partial charge in [0.15, 0.2) is 5.78 Å². The first kappa shape index (κ1) is 16.4. The Morgan fingerprint density at radius 3 is 2.00 bits per heavy atom. The molecule has 0 aliphatic carbocycles. The van der Waals surface area contributed by atoms with Crippen LogP contribution in [-0.2, 0) is 0 Å². The minimum atomic E-state index is -0.353. The molecule has 0 bridgehead atoms. The fourth-order valence-corrected chi connectivity index (χ4v) is 1.87. The summed E-state index contributed by atoms with van der Waals surface area (Å²) in [6.45, 7) is 6.30. The Morgan fingerprint density at radius 2 is 1.55 bits per heavy atom. The lowest BCUT2D eigenvalue weighted by molar-refractivity contribution is 0.0939. The molecule has 0 saturated heterocycles. The van der Waals surface area contributed by atoms with Crippen molar-refractivity contribution in [3.63, 3.8) is 0 Å². The van der Waals surface area contributed by atoms with E-state index in [1.54, 1.807) is 24.3 Å². The number of rotatable bonds is 7. The number of Topliss-reactive ketones (excluding diaryl/α,β-unsaturated/α-hetero) is 1. The topological polar surface area (TPSA) is 72.2 Å². The summed E-state index contributed by atoms with van der Waals surface area (Å²) < 4.78 is 0. The maximum Gasteiger partial charge on any atom is 0.251 e. The monoisotopic (exact) mass is 276 g/mol. The predicted molar refractivity (Wildman–Crippen MR) is 80.9 cm³/mol. The van der Waals surface area contributed by atoms with Gasteiger partial charge >= 0.3 is 0 Å². The minimum Gasteiger partial charge on any atom is -0.350 e. The largest absolute Gasteiger partial charge is 0.350 e. The summed E-state index contributed by atoms with van der Waals surface area (Å²) in [6.07, 6.45) is 2.09. The number of ketones is 1. The van der Waals surface area contributed by atoms with Crippen LogP contribution in [-0.4, -0.2) is 23.8 Å². The van der Waals surface area contributed by atoms with Gasteiger partial charge in [0.1, 0.15) is 0 Å². The summed E-state index contributed by atoms with van der Waals surface area (Å²) in [6, 6.07) is 6.73. The van der Waals surface area contributed by atoms with E-state index in [9.17, 15) is 9.59 Å². The third-order valence-electron chi connectivity index (χ3n) is 3.80. The highest BCUT2D eigenvalue weighted by atomic mass is 16.1. The first-order valence-electron chi connectivity index (χ1n) is 7.16.